The summed E-state index contributed by atoms with van der Waals surface area (Å²) in [7, 11) is -2.57. The molecule has 0 aliphatic rings. The van der Waals surface area contributed by atoms with Crippen LogP contribution in [0.3, 0.4) is 0 Å². The van der Waals surface area contributed by atoms with Crippen LogP contribution in [0.2, 0.25) is 5.04 Å². The maximum Gasteiger partial charge on any atom is 0 e. The number of rotatable bonds is 10. The largest absolute Gasteiger partial charge is 0 e. The Morgan fingerprint density at radius 2 is 1.05 bits per heavy atom. The molecule has 240 valence electrons. The van der Waals surface area contributed by atoms with Gasteiger partial charge in [-0.1, -0.05) is 106 Å². The molecule has 2 aromatic rings. The maximum absolute atomic E-state index is 10.2. The van der Waals surface area contributed by atoms with E-state index in [0.29, 0.717) is 13.0 Å². The first-order chi connectivity index (χ1) is 20.4. The first-order valence-electron chi connectivity index (χ1n) is 12.2. The number of benzene rings is 2. The van der Waals surface area contributed by atoms with E-state index < -0.39 is 14.4 Å². The van der Waals surface area contributed by atoms with E-state index >= 15 is 0 Å². The van der Waals surface area contributed by atoms with Crippen molar-refractivity contribution in [1.29, 1.82) is 0 Å². The average molecular weight is 711 g/mol. The van der Waals surface area contributed by atoms with Crippen molar-refractivity contribution >= 4 is 18.7 Å². The van der Waals surface area contributed by atoms with Gasteiger partial charge in [0.25, 0.3) is 8.32 Å². The van der Waals surface area contributed by atoms with E-state index in [9.17, 15) is 5.11 Å². The van der Waals surface area contributed by atoms with Crippen molar-refractivity contribution in [3.63, 3.8) is 0 Å². The van der Waals surface area contributed by atoms with Crippen molar-refractivity contribution in [2.24, 2.45) is 0 Å². The van der Waals surface area contributed by atoms with Gasteiger partial charge in [-0.05, 0) is 34.7 Å². The second kappa shape index (κ2) is 42.7. The fourth-order valence-corrected chi connectivity index (χ4v) is 8.38. The Balaban J connectivity index is -0.000000174. The molecule has 2 N–H and O–H groups in total. The zero-order valence-electron chi connectivity index (χ0n) is 24.7. The Kier molecular flexibility index (Phi) is 55.5. The van der Waals surface area contributed by atoms with Gasteiger partial charge in [-0.15, -0.1) is 0 Å². The predicted octanol–water partition coefficient (Wildman–Crippen LogP) is 3.64. The molecule has 44 heavy (non-hydrogen) atoms. The van der Waals surface area contributed by atoms with Crippen LogP contribution < -0.4 is 10.4 Å². The normalized spacial score (nSPS) is 9.02. The summed E-state index contributed by atoms with van der Waals surface area (Å²) in [5, 5.41) is 21.4. The molecular formula is C32H36Co2O9Si. The first-order valence-corrected chi connectivity index (χ1v) is 14.1. The van der Waals surface area contributed by atoms with Gasteiger partial charge < -0.3 is 14.6 Å². The molecule has 0 bridgehead atoms. The van der Waals surface area contributed by atoms with E-state index in [-0.39, 0.29) is 45.2 Å². The van der Waals surface area contributed by atoms with E-state index in [4.69, 9.17) is 37.4 Å². The minimum atomic E-state index is -2.57. The smallest absolute Gasteiger partial charge is 0 e. The van der Waals surface area contributed by atoms with Crippen molar-refractivity contribution in [2.75, 3.05) is 13.2 Å². The van der Waals surface area contributed by atoms with Crippen LogP contribution >= 0.6 is 0 Å². The molecule has 0 aliphatic carbocycles. The molecule has 12 heteroatoms. The number of hydrogen-bond acceptors (Lipinski definition) is 3. The average Bonchev–Trinajstić information content (AvgIpc) is 3.07. The van der Waals surface area contributed by atoms with E-state index in [1.54, 1.807) is 0 Å². The van der Waals surface area contributed by atoms with Crippen molar-refractivity contribution in [3.05, 3.63) is 101 Å². The minimum Gasteiger partial charge on any atom is 0 e. The summed E-state index contributed by atoms with van der Waals surface area (Å²) in [6, 6.07) is 21.0. The van der Waals surface area contributed by atoms with Crippen LogP contribution in [0.25, 0.3) is 0 Å². The monoisotopic (exact) mass is 710 g/mol. The van der Waals surface area contributed by atoms with Crippen LogP contribution in [-0.4, -0.2) is 37.8 Å². The topological polar surface area (TPSA) is 169 Å². The Labute approximate surface area is 283 Å². The van der Waals surface area contributed by atoms with Gasteiger partial charge in [0.1, 0.15) is 6.10 Å². The van der Waals surface area contributed by atoms with Gasteiger partial charge in [-0.2, -0.15) is 0 Å². The van der Waals surface area contributed by atoms with Gasteiger partial charge in [-0.25, -0.2) is 0 Å². The van der Waals surface area contributed by atoms with E-state index in [0.717, 1.165) is 25.7 Å². The molecule has 0 heterocycles. The summed E-state index contributed by atoms with van der Waals surface area (Å²) in [4.78, 5) is 0. The first kappa shape index (κ1) is 57.2. The molecular weight excluding hydrogens is 674 g/mol. The summed E-state index contributed by atoms with van der Waals surface area (Å²) in [6.45, 7) is 34.3. The molecule has 0 saturated heterocycles. The molecule has 2 radical (unpaired) electrons. The molecule has 2 rings (SSSR count). The second-order valence-corrected chi connectivity index (χ2v) is 13.0. The maximum atomic E-state index is 10.2. The second-order valence-electron chi connectivity index (χ2n) is 8.72. The molecule has 0 fully saturated rings. The third-order valence-electron chi connectivity index (χ3n) is 5.43. The van der Waals surface area contributed by atoms with Crippen LogP contribution in [0.5, 0.6) is 0 Å². The number of aliphatic hydroxyl groups is 2. The van der Waals surface area contributed by atoms with Crippen LogP contribution in [0.15, 0.2) is 60.7 Å². The number of hydrogen-bond donors (Lipinski definition) is 2. The van der Waals surface area contributed by atoms with Crippen LogP contribution in [0, 0.1) is 51.7 Å². The van der Waals surface area contributed by atoms with E-state index in [1.807, 2.05) is 12.1 Å². The van der Waals surface area contributed by atoms with Gasteiger partial charge in [0.05, 0.1) is 6.61 Å². The molecule has 0 amide bonds. The summed E-state index contributed by atoms with van der Waals surface area (Å²) < 4.78 is 51.7. The Hall–Kier alpha value is -2.45. The standard InChI is InChI=1S/C26H36O3Si.6CO.2Co/c1-26(2,3)30(24-17-9-6-10-18-24,25-19-11-7-12-20-25)29-22-14-16-23(28)15-8-4-5-13-21-27;6*1-2;;/h6-7,9-12,17-20,23,27-28H,4-5,8,13,15,21-22H2,1-3H3;;;;;;;;. The third-order valence-corrected chi connectivity index (χ3v) is 10.4. The molecule has 9 nitrogen and oxygen atoms in total. The van der Waals surface area contributed by atoms with Crippen molar-refractivity contribution < 1.29 is 76.1 Å². The van der Waals surface area contributed by atoms with Crippen LogP contribution in [0.1, 0.15) is 52.9 Å². The molecule has 1 unspecified atom stereocenters. The molecule has 0 aromatic heterocycles. The fraction of sp³-hybridized carbons (Fsp3) is 0.375. The Morgan fingerprint density at radius 1 is 0.682 bits per heavy atom. The number of aliphatic hydroxyl groups excluding tert-OH is 2. The summed E-state index contributed by atoms with van der Waals surface area (Å²) >= 11 is 0. The molecule has 0 saturated carbocycles. The van der Waals surface area contributed by atoms with Gasteiger partial charge in [0.15, 0.2) is 0 Å². The summed E-state index contributed by atoms with van der Waals surface area (Å²) in [5.74, 6) is 6.03. The zero-order chi connectivity index (χ0) is 33.9. The zero-order valence-corrected chi connectivity index (χ0v) is 27.8. The van der Waals surface area contributed by atoms with Crippen molar-refractivity contribution in [3.8, 4) is 11.8 Å². The Bertz CT molecular complexity index is 981. The third kappa shape index (κ3) is 23.9. The van der Waals surface area contributed by atoms with Crippen LogP contribution in [0.4, 0.5) is 0 Å². The molecule has 1 atom stereocenters. The Morgan fingerprint density at radius 3 is 1.39 bits per heavy atom. The molecule has 0 spiro atoms. The van der Waals surface area contributed by atoms with Gasteiger partial charge in [0, 0.05) is 40.2 Å². The van der Waals surface area contributed by atoms with Gasteiger partial charge >= 0.3 is 67.8 Å². The predicted molar refractivity (Wildman–Crippen MR) is 151 cm³/mol. The van der Waals surface area contributed by atoms with Crippen molar-refractivity contribution in [1.82, 2.24) is 0 Å². The summed E-state index contributed by atoms with van der Waals surface area (Å²) in [6.07, 6.45) is 3.80. The van der Waals surface area contributed by atoms with E-state index in [2.05, 4.69) is 121 Å². The van der Waals surface area contributed by atoms with Crippen LogP contribution in [-0.2, 0) is 65.9 Å². The fourth-order valence-electron chi connectivity index (χ4n) is 3.94. The summed E-state index contributed by atoms with van der Waals surface area (Å²) in [5.41, 5.74) is 0. The molecule has 2 aromatic carbocycles. The molecule has 0 aliphatic heterocycles. The minimum absolute atomic E-state index is 0. The quantitative estimate of drug-likeness (QED) is 0.127. The van der Waals surface area contributed by atoms with Gasteiger partial charge in [-0.3, -0.25) is 0 Å². The van der Waals surface area contributed by atoms with Gasteiger partial charge in [0.2, 0.25) is 0 Å². The van der Waals surface area contributed by atoms with E-state index in [1.165, 1.54) is 10.4 Å². The number of unbranched alkanes of at least 4 members (excludes halogenated alkanes) is 3. The van der Waals surface area contributed by atoms with Crippen molar-refractivity contribution in [2.45, 2.75) is 64.0 Å². The SMILES string of the molecule is CC(C)(C)[Si](OCC#CC(O)CCCCCCO)(c1ccccc1)c1ccccc1.[C-]#[O+].[C-]#[O+].[C-]#[O+].[C-]#[O+].[C-]#[O+].[C-]#[O+].[Co].[Co].